The Morgan fingerprint density at radius 2 is 1.89 bits per heavy atom. The summed E-state index contributed by atoms with van der Waals surface area (Å²) < 4.78 is 12.0. The fraction of sp³-hybridized carbons (Fsp3) is 0.214. The monoisotopic (exact) mass is 271 g/mol. The zero-order valence-corrected chi connectivity index (χ0v) is 10.7. The topological polar surface area (TPSA) is 29.1 Å². The molecule has 0 bridgehead atoms. The molecule has 2 rings (SSSR count). The minimum Gasteiger partial charge on any atom is -0.272 e. The van der Waals surface area contributed by atoms with Gasteiger partial charge in [-0.25, -0.2) is 0 Å². The second-order valence-corrected chi connectivity index (χ2v) is 4.25. The van der Waals surface area contributed by atoms with Crippen molar-refractivity contribution in [2.45, 2.75) is 13.3 Å². The SMILES string of the molecule is C[C@@H](Cc1ccc2ccccc2c1)C(=O)NF.[Ar]. The fourth-order valence-corrected chi connectivity index (χ4v) is 1.91. The summed E-state index contributed by atoms with van der Waals surface area (Å²) in [7, 11) is 0. The van der Waals surface area contributed by atoms with Crippen molar-refractivity contribution in [3.8, 4) is 0 Å². The average Bonchev–Trinajstić information content (AvgIpc) is 2.37. The summed E-state index contributed by atoms with van der Waals surface area (Å²) in [4.78, 5) is 11.1. The van der Waals surface area contributed by atoms with E-state index >= 15 is 0 Å². The van der Waals surface area contributed by atoms with Crippen LogP contribution in [0, 0.1) is 43.7 Å². The first kappa shape index (κ1) is 15.4. The third-order valence-electron chi connectivity index (χ3n) is 2.90. The number of carbonyl (C=O) groups is 1. The zero-order chi connectivity index (χ0) is 12.3. The van der Waals surface area contributed by atoms with E-state index in [0.29, 0.717) is 6.42 Å². The number of hydrogen-bond acceptors (Lipinski definition) is 1. The van der Waals surface area contributed by atoms with E-state index < -0.39 is 5.91 Å². The van der Waals surface area contributed by atoms with Crippen LogP contribution in [0.2, 0.25) is 0 Å². The maximum atomic E-state index is 12.0. The number of benzene rings is 2. The molecule has 0 saturated carbocycles. The van der Waals surface area contributed by atoms with E-state index in [0.717, 1.165) is 10.9 Å². The van der Waals surface area contributed by atoms with Crippen molar-refractivity contribution in [3.63, 3.8) is 0 Å². The van der Waals surface area contributed by atoms with Gasteiger partial charge in [0.1, 0.15) is 0 Å². The van der Waals surface area contributed by atoms with Crippen LogP contribution in [0.1, 0.15) is 12.5 Å². The Morgan fingerprint density at radius 3 is 2.56 bits per heavy atom. The quantitative estimate of drug-likeness (QED) is 0.854. The summed E-state index contributed by atoms with van der Waals surface area (Å²) in [5, 5.41) is 2.30. The van der Waals surface area contributed by atoms with Crippen molar-refractivity contribution in [1.29, 1.82) is 0 Å². The molecule has 0 spiro atoms. The molecule has 1 amide bonds. The van der Waals surface area contributed by atoms with Crippen LogP contribution in [0.15, 0.2) is 42.5 Å². The van der Waals surface area contributed by atoms with Crippen molar-refractivity contribution in [1.82, 2.24) is 5.54 Å². The molecule has 2 aromatic carbocycles. The Bertz CT molecular complexity index is 544. The average molecular weight is 271 g/mol. The van der Waals surface area contributed by atoms with Crippen LogP contribution in [0.4, 0.5) is 4.48 Å². The number of halogens is 1. The minimum absolute atomic E-state index is 0. The van der Waals surface area contributed by atoms with Gasteiger partial charge in [-0.15, -0.1) is 4.48 Å². The molecule has 96 valence electrons. The van der Waals surface area contributed by atoms with Gasteiger partial charge in [0, 0.05) is 43.7 Å². The summed E-state index contributed by atoms with van der Waals surface area (Å²) >= 11 is 0. The predicted octanol–water partition coefficient (Wildman–Crippen LogP) is 3.02. The number of hydrogen-bond donors (Lipinski definition) is 1. The molecule has 2 aromatic rings. The van der Waals surface area contributed by atoms with E-state index in [1.807, 2.05) is 42.5 Å². The van der Waals surface area contributed by atoms with Gasteiger partial charge in [-0.05, 0) is 22.8 Å². The van der Waals surface area contributed by atoms with Gasteiger partial charge < -0.3 is 0 Å². The van der Waals surface area contributed by atoms with Gasteiger partial charge in [0.15, 0.2) is 0 Å². The van der Waals surface area contributed by atoms with Gasteiger partial charge in [0.2, 0.25) is 0 Å². The first-order valence-corrected chi connectivity index (χ1v) is 5.59. The van der Waals surface area contributed by atoms with E-state index in [2.05, 4.69) is 0 Å². The Balaban J connectivity index is 0.00000162. The van der Waals surface area contributed by atoms with Crippen molar-refractivity contribution in [2.24, 2.45) is 5.92 Å². The molecule has 0 saturated heterocycles. The van der Waals surface area contributed by atoms with Gasteiger partial charge in [-0.1, -0.05) is 49.4 Å². The smallest absolute Gasteiger partial charge is 0.250 e. The van der Waals surface area contributed by atoms with Crippen LogP contribution in [-0.4, -0.2) is 5.91 Å². The van der Waals surface area contributed by atoms with E-state index in [1.165, 1.54) is 10.9 Å². The second kappa shape index (κ2) is 7.07. The van der Waals surface area contributed by atoms with Crippen molar-refractivity contribution in [2.75, 3.05) is 0 Å². The summed E-state index contributed by atoms with van der Waals surface area (Å²) in [5.74, 6) is -0.931. The second-order valence-electron chi connectivity index (χ2n) is 4.25. The van der Waals surface area contributed by atoms with Crippen molar-refractivity contribution >= 4 is 16.7 Å². The zero-order valence-electron chi connectivity index (χ0n) is 9.97. The van der Waals surface area contributed by atoms with Crippen LogP contribution in [0.5, 0.6) is 0 Å². The molecule has 1 atom stereocenters. The largest absolute Gasteiger partial charge is 0.272 e. The molecule has 0 unspecified atom stereocenters. The molecule has 0 aromatic heterocycles. The summed E-state index contributed by atoms with van der Waals surface area (Å²) in [6.45, 7) is 1.71. The van der Waals surface area contributed by atoms with E-state index in [1.54, 1.807) is 6.92 Å². The molecule has 0 aliphatic heterocycles. The van der Waals surface area contributed by atoms with E-state index in [9.17, 15) is 9.28 Å². The minimum atomic E-state index is -0.571. The molecular formula is C14H14ArFNO. The molecule has 0 heterocycles. The van der Waals surface area contributed by atoms with E-state index in [4.69, 9.17) is 0 Å². The molecule has 1 N–H and O–H groups in total. The van der Waals surface area contributed by atoms with Gasteiger partial charge in [-0.2, -0.15) is 5.54 Å². The summed E-state index contributed by atoms with van der Waals surface area (Å²) in [6, 6.07) is 14.1. The number of nitrogens with one attached hydrogen (secondary N) is 1. The molecule has 4 heteroatoms. The Kier molecular flexibility index (Phi) is 6.06. The van der Waals surface area contributed by atoms with Gasteiger partial charge in [0.05, 0.1) is 0 Å². The maximum absolute atomic E-state index is 12.0. The standard InChI is InChI=1S/C14H14FNO.Ar/c1-10(14(17)16-15)8-11-6-7-12-4-2-3-5-13(12)9-11;/h2-7,9-10H,8H2,1H3,(H,16,17);/t10-;/m0./s1. The first-order valence-electron chi connectivity index (χ1n) is 5.59. The third kappa shape index (κ3) is 3.67. The molecule has 0 aliphatic carbocycles. The first-order chi connectivity index (χ1) is 8.20. The molecular weight excluding hydrogens is 257 g/mol. The van der Waals surface area contributed by atoms with Gasteiger partial charge in [-0.3, -0.25) is 4.79 Å². The molecule has 18 heavy (non-hydrogen) atoms. The maximum Gasteiger partial charge on any atom is 0.250 e. The Hall–Kier alpha value is -0.640. The van der Waals surface area contributed by atoms with Gasteiger partial charge in [0.25, 0.3) is 5.91 Å². The molecule has 0 aliphatic rings. The van der Waals surface area contributed by atoms with Crippen LogP contribution in [-0.2, 0) is 11.2 Å². The van der Waals surface area contributed by atoms with Crippen LogP contribution >= 0.6 is 0 Å². The normalized spacial score (nSPS) is 11.7. The number of amides is 1. The number of rotatable bonds is 3. The summed E-state index contributed by atoms with van der Waals surface area (Å²) in [6.07, 6.45) is 0.542. The van der Waals surface area contributed by atoms with E-state index in [-0.39, 0.29) is 43.7 Å². The van der Waals surface area contributed by atoms with Crippen molar-refractivity contribution in [3.05, 3.63) is 48.0 Å². The van der Waals surface area contributed by atoms with Gasteiger partial charge >= 0.3 is 0 Å². The molecule has 2 nitrogen and oxygen atoms in total. The molecule has 0 fully saturated rings. The Labute approximate surface area is 136 Å². The third-order valence-corrected chi connectivity index (χ3v) is 2.90. The number of fused-ring (bicyclic) bond motifs is 1. The van der Waals surface area contributed by atoms with Crippen LogP contribution < -0.4 is 5.54 Å². The van der Waals surface area contributed by atoms with Crippen LogP contribution in [0.3, 0.4) is 0 Å². The summed E-state index contributed by atoms with van der Waals surface area (Å²) in [5.41, 5.74) is 2.22. The van der Waals surface area contributed by atoms with Crippen molar-refractivity contribution < 1.29 is 47.0 Å². The van der Waals surface area contributed by atoms with Crippen LogP contribution in [0.25, 0.3) is 10.8 Å². The predicted molar refractivity (Wildman–Crippen MR) is 66.1 cm³/mol. The Morgan fingerprint density at radius 1 is 1.22 bits per heavy atom. The molecule has 0 radical (unpaired) electrons. The fourth-order valence-electron chi connectivity index (χ4n) is 1.91. The number of carbonyl (C=O) groups excluding carboxylic acids is 1.